The van der Waals surface area contributed by atoms with Gasteiger partial charge < -0.3 is 14.8 Å². The van der Waals surface area contributed by atoms with Gasteiger partial charge in [0.1, 0.15) is 23.9 Å². The smallest absolute Gasteiger partial charge is 0.255 e. The Kier molecular flexibility index (Phi) is 6.46. The van der Waals surface area contributed by atoms with E-state index >= 15 is 0 Å². The molecule has 0 fully saturated rings. The molecule has 0 aliphatic rings. The second-order valence-corrected chi connectivity index (χ2v) is 7.17. The van der Waals surface area contributed by atoms with E-state index in [0.29, 0.717) is 24.4 Å². The Hall–Kier alpha value is -4.13. The zero-order valence-electron chi connectivity index (χ0n) is 17.5. The van der Waals surface area contributed by atoms with Crippen LogP contribution in [-0.2, 0) is 13.2 Å². The summed E-state index contributed by atoms with van der Waals surface area (Å²) in [6.07, 6.45) is 3.27. The van der Waals surface area contributed by atoms with Crippen molar-refractivity contribution < 1.29 is 18.7 Å². The summed E-state index contributed by atoms with van der Waals surface area (Å²) in [7, 11) is 1.62. The SMILES string of the molecule is COc1ccc(OCc2ccc(C(=O)Nc3cnn(Cc4cccc(F)c4)c3)cc2)cc1. The lowest BCUT2D eigenvalue weighted by Gasteiger charge is -2.08. The Morgan fingerprint density at radius 2 is 1.75 bits per heavy atom. The van der Waals surface area contributed by atoms with E-state index in [9.17, 15) is 9.18 Å². The van der Waals surface area contributed by atoms with Gasteiger partial charge in [0, 0.05) is 11.8 Å². The number of carbonyl (C=O) groups excluding carboxylic acids is 1. The predicted octanol–water partition coefficient (Wildman–Crippen LogP) is 4.91. The molecular weight excluding hydrogens is 409 g/mol. The first-order valence-corrected chi connectivity index (χ1v) is 10.0. The fourth-order valence-corrected chi connectivity index (χ4v) is 3.13. The highest BCUT2D eigenvalue weighted by Crippen LogP contribution is 2.18. The van der Waals surface area contributed by atoms with Crippen LogP contribution in [0, 0.1) is 5.82 Å². The molecule has 3 aromatic carbocycles. The van der Waals surface area contributed by atoms with Gasteiger partial charge in [-0.15, -0.1) is 0 Å². The number of methoxy groups -OCH3 is 1. The van der Waals surface area contributed by atoms with Crippen LogP contribution in [0.5, 0.6) is 11.5 Å². The van der Waals surface area contributed by atoms with E-state index in [1.165, 1.54) is 12.1 Å². The number of aromatic nitrogens is 2. The van der Waals surface area contributed by atoms with Gasteiger partial charge in [0.2, 0.25) is 0 Å². The highest BCUT2D eigenvalue weighted by Gasteiger charge is 2.08. The van der Waals surface area contributed by atoms with E-state index in [4.69, 9.17) is 9.47 Å². The van der Waals surface area contributed by atoms with E-state index < -0.39 is 0 Å². The molecule has 1 heterocycles. The molecule has 0 spiro atoms. The van der Waals surface area contributed by atoms with Gasteiger partial charge in [-0.25, -0.2) is 4.39 Å². The van der Waals surface area contributed by atoms with Crippen LogP contribution in [0.4, 0.5) is 10.1 Å². The van der Waals surface area contributed by atoms with Gasteiger partial charge in [-0.2, -0.15) is 5.10 Å². The minimum Gasteiger partial charge on any atom is -0.497 e. The van der Waals surface area contributed by atoms with E-state index in [1.807, 2.05) is 42.5 Å². The number of nitrogens with zero attached hydrogens (tertiary/aromatic N) is 2. The van der Waals surface area contributed by atoms with Crippen LogP contribution in [0.1, 0.15) is 21.5 Å². The lowest BCUT2D eigenvalue weighted by Crippen LogP contribution is -2.11. The molecule has 6 nitrogen and oxygen atoms in total. The summed E-state index contributed by atoms with van der Waals surface area (Å²) < 4.78 is 25.9. The van der Waals surface area contributed by atoms with Gasteiger partial charge in [-0.1, -0.05) is 24.3 Å². The van der Waals surface area contributed by atoms with Gasteiger partial charge in [-0.3, -0.25) is 9.48 Å². The van der Waals surface area contributed by atoms with Crippen molar-refractivity contribution in [1.29, 1.82) is 0 Å². The minimum atomic E-state index is -0.291. The molecule has 4 aromatic rings. The van der Waals surface area contributed by atoms with Gasteiger partial charge in [0.25, 0.3) is 5.91 Å². The first kappa shape index (κ1) is 21.1. The molecule has 0 saturated carbocycles. The standard InChI is InChI=1S/C25H22FN3O3/c1-31-23-9-11-24(12-10-23)32-17-18-5-7-20(8-6-18)25(30)28-22-14-27-29(16-22)15-19-3-2-4-21(26)13-19/h2-14,16H,15,17H2,1H3,(H,28,30). The molecule has 0 aliphatic heterocycles. The molecule has 7 heteroatoms. The second-order valence-electron chi connectivity index (χ2n) is 7.17. The summed E-state index contributed by atoms with van der Waals surface area (Å²) in [6, 6.07) is 20.9. The summed E-state index contributed by atoms with van der Waals surface area (Å²) in [4.78, 5) is 12.5. The van der Waals surface area contributed by atoms with Crippen LogP contribution in [0.15, 0.2) is 85.2 Å². The molecule has 162 valence electrons. The minimum absolute atomic E-state index is 0.238. The lowest BCUT2D eigenvalue weighted by atomic mass is 10.1. The molecule has 0 aliphatic carbocycles. The zero-order valence-corrected chi connectivity index (χ0v) is 17.5. The van der Waals surface area contributed by atoms with Crippen molar-refractivity contribution in [3.05, 3.63) is 108 Å². The van der Waals surface area contributed by atoms with Crippen LogP contribution >= 0.6 is 0 Å². The van der Waals surface area contributed by atoms with E-state index in [0.717, 1.165) is 22.6 Å². The summed E-state index contributed by atoms with van der Waals surface area (Å²) in [5.74, 6) is 0.981. The number of carbonyl (C=O) groups is 1. The van der Waals surface area contributed by atoms with Gasteiger partial charge in [0.15, 0.2) is 0 Å². The van der Waals surface area contributed by atoms with E-state index in [-0.39, 0.29) is 11.7 Å². The molecule has 0 bridgehead atoms. The molecule has 1 N–H and O–H groups in total. The predicted molar refractivity (Wildman–Crippen MR) is 119 cm³/mol. The maximum Gasteiger partial charge on any atom is 0.255 e. The lowest BCUT2D eigenvalue weighted by molar-refractivity contribution is 0.102. The van der Waals surface area contributed by atoms with Crippen molar-refractivity contribution in [2.45, 2.75) is 13.2 Å². The van der Waals surface area contributed by atoms with Crippen LogP contribution in [0.25, 0.3) is 0 Å². The fourth-order valence-electron chi connectivity index (χ4n) is 3.13. The normalized spacial score (nSPS) is 10.6. The summed E-state index contributed by atoms with van der Waals surface area (Å²) >= 11 is 0. The Morgan fingerprint density at radius 1 is 1.00 bits per heavy atom. The molecule has 0 atom stereocenters. The Labute approximate surface area is 185 Å². The molecule has 0 unspecified atom stereocenters. The molecule has 32 heavy (non-hydrogen) atoms. The topological polar surface area (TPSA) is 65.4 Å². The Bertz CT molecular complexity index is 1190. The van der Waals surface area contributed by atoms with Crippen molar-refractivity contribution in [2.24, 2.45) is 0 Å². The summed E-state index contributed by atoms with van der Waals surface area (Å²) in [5.41, 5.74) is 2.83. The van der Waals surface area contributed by atoms with Crippen molar-refractivity contribution in [1.82, 2.24) is 9.78 Å². The number of rotatable bonds is 8. The van der Waals surface area contributed by atoms with Crippen molar-refractivity contribution in [3.63, 3.8) is 0 Å². The number of hydrogen-bond donors (Lipinski definition) is 1. The van der Waals surface area contributed by atoms with Crippen molar-refractivity contribution in [2.75, 3.05) is 12.4 Å². The summed E-state index contributed by atoms with van der Waals surface area (Å²) in [6.45, 7) is 0.803. The largest absolute Gasteiger partial charge is 0.497 e. The van der Waals surface area contributed by atoms with Gasteiger partial charge >= 0.3 is 0 Å². The third-order valence-electron chi connectivity index (χ3n) is 4.81. The monoisotopic (exact) mass is 431 g/mol. The first-order chi connectivity index (χ1) is 15.6. The van der Waals surface area contributed by atoms with Crippen LogP contribution < -0.4 is 14.8 Å². The highest BCUT2D eigenvalue weighted by atomic mass is 19.1. The number of halogens is 1. The third kappa shape index (κ3) is 5.51. The number of hydrogen-bond acceptors (Lipinski definition) is 4. The van der Waals surface area contributed by atoms with E-state index in [1.54, 1.807) is 42.4 Å². The average molecular weight is 431 g/mol. The zero-order chi connectivity index (χ0) is 22.3. The third-order valence-corrected chi connectivity index (χ3v) is 4.81. The number of anilines is 1. The molecule has 1 amide bonds. The first-order valence-electron chi connectivity index (χ1n) is 10.0. The molecule has 0 radical (unpaired) electrons. The summed E-state index contributed by atoms with van der Waals surface area (Å²) in [5, 5.41) is 7.05. The van der Waals surface area contributed by atoms with Crippen LogP contribution in [0.2, 0.25) is 0 Å². The number of ether oxygens (including phenoxy) is 2. The van der Waals surface area contributed by atoms with Crippen molar-refractivity contribution >= 4 is 11.6 Å². The van der Waals surface area contributed by atoms with Crippen LogP contribution in [0.3, 0.4) is 0 Å². The molecule has 0 saturated heterocycles. The Morgan fingerprint density at radius 3 is 2.47 bits per heavy atom. The van der Waals surface area contributed by atoms with Gasteiger partial charge in [-0.05, 0) is 59.7 Å². The van der Waals surface area contributed by atoms with Crippen molar-refractivity contribution in [3.8, 4) is 11.5 Å². The molecular formula is C25H22FN3O3. The highest BCUT2D eigenvalue weighted by molar-refractivity contribution is 6.04. The maximum absolute atomic E-state index is 13.3. The molecule has 4 rings (SSSR count). The Balaban J connectivity index is 1.31. The van der Waals surface area contributed by atoms with Crippen LogP contribution in [-0.4, -0.2) is 22.8 Å². The number of nitrogens with one attached hydrogen (secondary N) is 1. The maximum atomic E-state index is 13.3. The second kappa shape index (κ2) is 9.78. The van der Waals surface area contributed by atoms with E-state index in [2.05, 4.69) is 10.4 Å². The number of amides is 1. The quantitative estimate of drug-likeness (QED) is 0.431. The fraction of sp³-hybridized carbons (Fsp3) is 0.120. The van der Waals surface area contributed by atoms with Gasteiger partial charge in [0.05, 0.1) is 25.5 Å². The average Bonchev–Trinajstić information content (AvgIpc) is 3.25. The molecule has 1 aromatic heterocycles. The number of benzene rings is 3.